The fraction of sp³-hybridized carbons (Fsp3) is 0.214. The third kappa shape index (κ3) is 3.14. The van der Waals surface area contributed by atoms with Gasteiger partial charge in [0.25, 0.3) is 0 Å². The molecule has 0 spiro atoms. The summed E-state index contributed by atoms with van der Waals surface area (Å²) in [5.41, 5.74) is 2.12. The van der Waals surface area contributed by atoms with Gasteiger partial charge in [-0.25, -0.2) is 14.1 Å². The molecule has 108 valence electrons. The number of benzene rings is 1. The van der Waals surface area contributed by atoms with E-state index in [1.54, 1.807) is 23.0 Å². The second-order valence-corrected chi connectivity index (χ2v) is 4.53. The van der Waals surface area contributed by atoms with Crippen LogP contribution in [0, 0.1) is 5.82 Å². The van der Waals surface area contributed by atoms with Crippen LogP contribution < -0.4 is 0 Å². The van der Waals surface area contributed by atoms with Gasteiger partial charge in [0.05, 0.1) is 12.2 Å². The van der Waals surface area contributed by atoms with Crippen molar-refractivity contribution in [3.05, 3.63) is 53.9 Å². The molecule has 21 heavy (non-hydrogen) atoms. The van der Waals surface area contributed by atoms with Crippen LogP contribution in [0.3, 0.4) is 0 Å². The van der Waals surface area contributed by atoms with Crippen molar-refractivity contribution in [3.8, 4) is 11.5 Å². The number of halogens is 1. The molecule has 3 rings (SSSR count). The lowest BCUT2D eigenvalue weighted by atomic mass is 10.2. The Morgan fingerprint density at radius 2 is 2.00 bits per heavy atom. The van der Waals surface area contributed by atoms with Crippen molar-refractivity contribution in [1.82, 2.24) is 20.0 Å². The van der Waals surface area contributed by atoms with Crippen LogP contribution in [0.4, 0.5) is 4.39 Å². The van der Waals surface area contributed by atoms with Crippen LogP contribution in [0.5, 0.6) is 0 Å². The van der Waals surface area contributed by atoms with Crippen LogP contribution >= 0.6 is 0 Å². The van der Waals surface area contributed by atoms with Crippen LogP contribution in [0.2, 0.25) is 0 Å². The van der Waals surface area contributed by atoms with E-state index in [0.717, 1.165) is 5.69 Å². The van der Waals surface area contributed by atoms with Crippen molar-refractivity contribution in [2.24, 2.45) is 0 Å². The zero-order valence-corrected chi connectivity index (χ0v) is 11.1. The Hall–Kier alpha value is -2.54. The van der Waals surface area contributed by atoms with Crippen LogP contribution in [-0.2, 0) is 13.0 Å². The molecular formula is C14H13FN4O2. The second kappa shape index (κ2) is 5.84. The number of rotatable bonds is 5. The second-order valence-electron chi connectivity index (χ2n) is 4.53. The molecule has 0 atom stereocenters. The summed E-state index contributed by atoms with van der Waals surface area (Å²) in [6, 6.07) is 5.94. The Morgan fingerprint density at radius 3 is 2.76 bits per heavy atom. The van der Waals surface area contributed by atoms with E-state index in [9.17, 15) is 4.39 Å². The number of aromatic nitrogens is 4. The van der Waals surface area contributed by atoms with E-state index in [1.165, 1.54) is 18.4 Å². The molecule has 2 aromatic heterocycles. The zero-order valence-electron chi connectivity index (χ0n) is 11.1. The minimum Gasteiger partial charge on any atom is -0.444 e. The molecule has 0 amide bonds. The van der Waals surface area contributed by atoms with Crippen molar-refractivity contribution in [1.29, 1.82) is 0 Å². The van der Waals surface area contributed by atoms with Crippen LogP contribution in [0.15, 0.2) is 41.1 Å². The van der Waals surface area contributed by atoms with Gasteiger partial charge in [-0.05, 0) is 24.3 Å². The summed E-state index contributed by atoms with van der Waals surface area (Å²) in [7, 11) is 0. The Bertz CT molecular complexity index is 721. The molecule has 3 aromatic rings. The van der Waals surface area contributed by atoms with Crippen molar-refractivity contribution < 1.29 is 13.9 Å². The standard InChI is InChI=1S/C14H13FN4O2/c15-11-3-1-10(2-4-11)14-16-13(9-21-14)8-19-7-12(5-6-20)17-18-19/h1-4,7,9,20H,5-6,8H2. The third-order valence-corrected chi connectivity index (χ3v) is 2.92. The largest absolute Gasteiger partial charge is 0.444 e. The first kappa shape index (κ1) is 13.4. The van der Waals surface area contributed by atoms with Crippen molar-refractivity contribution in [2.75, 3.05) is 6.61 Å². The predicted octanol–water partition coefficient (Wildman–Crippen LogP) is 1.66. The first-order chi connectivity index (χ1) is 10.2. The molecule has 0 bridgehead atoms. The number of nitrogens with zero attached hydrogens (tertiary/aromatic N) is 4. The van der Waals surface area contributed by atoms with E-state index in [1.807, 2.05) is 0 Å². The minimum absolute atomic E-state index is 0.0391. The number of aliphatic hydroxyl groups excluding tert-OH is 1. The molecule has 0 radical (unpaired) electrons. The van der Waals surface area contributed by atoms with Crippen LogP contribution in [0.25, 0.3) is 11.5 Å². The summed E-state index contributed by atoms with van der Waals surface area (Å²) in [6.45, 7) is 0.459. The molecule has 7 heteroatoms. The van der Waals surface area contributed by atoms with Crippen LogP contribution in [0.1, 0.15) is 11.4 Å². The van der Waals surface area contributed by atoms with Gasteiger partial charge in [0.2, 0.25) is 5.89 Å². The van der Waals surface area contributed by atoms with E-state index < -0.39 is 0 Å². The lowest BCUT2D eigenvalue weighted by Crippen LogP contribution is -2.00. The van der Waals surface area contributed by atoms with E-state index in [-0.39, 0.29) is 12.4 Å². The molecule has 0 saturated carbocycles. The van der Waals surface area contributed by atoms with Gasteiger partial charge in [0.15, 0.2) is 0 Å². The lowest BCUT2D eigenvalue weighted by Gasteiger charge is -1.95. The molecule has 0 unspecified atom stereocenters. The van der Waals surface area contributed by atoms with Gasteiger partial charge in [-0.2, -0.15) is 0 Å². The molecule has 0 aliphatic carbocycles. The normalized spacial score (nSPS) is 11.0. The van der Waals surface area contributed by atoms with Gasteiger partial charge >= 0.3 is 0 Å². The number of aliphatic hydroxyl groups is 1. The van der Waals surface area contributed by atoms with Gasteiger partial charge in [0.1, 0.15) is 17.8 Å². The smallest absolute Gasteiger partial charge is 0.226 e. The quantitative estimate of drug-likeness (QED) is 0.772. The maximum Gasteiger partial charge on any atom is 0.226 e. The SMILES string of the molecule is OCCc1cn(Cc2coc(-c3ccc(F)cc3)n2)nn1. The highest BCUT2D eigenvalue weighted by atomic mass is 19.1. The monoisotopic (exact) mass is 288 g/mol. The highest BCUT2D eigenvalue weighted by Gasteiger charge is 2.08. The fourth-order valence-corrected chi connectivity index (χ4v) is 1.92. The summed E-state index contributed by atoms with van der Waals surface area (Å²) < 4.78 is 19.9. The zero-order chi connectivity index (χ0) is 14.7. The molecule has 1 N–H and O–H groups in total. The summed E-state index contributed by atoms with van der Waals surface area (Å²) in [5.74, 6) is 0.130. The van der Waals surface area contributed by atoms with Gasteiger partial charge in [-0.15, -0.1) is 5.10 Å². The molecule has 6 nitrogen and oxygen atoms in total. The van der Waals surface area contributed by atoms with E-state index in [0.29, 0.717) is 30.1 Å². The topological polar surface area (TPSA) is 77.0 Å². The average Bonchev–Trinajstić information content (AvgIpc) is 3.11. The van der Waals surface area contributed by atoms with Crippen molar-refractivity contribution in [2.45, 2.75) is 13.0 Å². The number of hydrogen-bond acceptors (Lipinski definition) is 5. The van der Waals surface area contributed by atoms with Crippen molar-refractivity contribution in [3.63, 3.8) is 0 Å². The van der Waals surface area contributed by atoms with E-state index in [4.69, 9.17) is 9.52 Å². The molecule has 0 fully saturated rings. The van der Waals surface area contributed by atoms with Gasteiger partial charge < -0.3 is 9.52 Å². The average molecular weight is 288 g/mol. The highest BCUT2D eigenvalue weighted by Crippen LogP contribution is 2.19. The Labute approximate surface area is 119 Å². The third-order valence-electron chi connectivity index (χ3n) is 2.92. The first-order valence-corrected chi connectivity index (χ1v) is 6.45. The fourth-order valence-electron chi connectivity index (χ4n) is 1.92. The number of hydrogen-bond donors (Lipinski definition) is 1. The molecule has 2 heterocycles. The predicted molar refractivity (Wildman–Crippen MR) is 71.8 cm³/mol. The molecule has 0 aliphatic rings. The summed E-state index contributed by atoms with van der Waals surface area (Å²) >= 11 is 0. The van der Waals surface area contributed by atoms with E-state index in [2.05, 4.69) is 15.3 Å². The summed E-state index contributed by atoms with van der Waals surface area (Å²) in [5, 5.41) is 16.7. The molecular weight excluding hydrogens is 275 g/mol. The summed E-state index contributed by atoms with van der Waals surface area (Å²) in [4.78, 5) is 4.33. The Balaban J connectivity index is 1.73. The Morgan fingerprint density at radius 1 is 1.19 bits per heavy atom. The summed E-state index contributed by atoms with van der Waals surface area (Å²) in [6.07, 6.45) is 3.76. The maximum atomic E-state index is 12.9. The molecule has 0 aliphatic heterocycles. The van der Waals surface area contributed by atoms with Crippen LogP contribution in [-0.4, -0.2) is 31.7 Å². The van der Waals surface area contributed by atoms with Crippen molar-refractivity contribution >= 4 is 0 Å². The van der Waals surface area contributed by atoms with Gasteiger partial charge in [-0.3, -0.25) is 0 Å². The molecule has 1 aromatic carbocycles. The minimum atomic E-state index is -0.301. The lowest BCUT2D eigenvalue weighted by molar-refractivity contribution is 0.298. The molecule has 0 saturated heterocycles. The highest BCUT2D eigenvalue weighted by molar-refractivity contribution is 5.52. The van der Waals surface area contributed by atoms with E-state index >= 15 is 0 Å². The number of oxazole rings is 1. The van der Waals surface area contributed by atoms with Gasteiger partial charge in [0, 0.05) is 24.8 Å². The maximum absolute atomic E-state index is 12.9. The first-order valence-electron chi connectivity index (χ1n) is 6.45. The Kier molecular flexibility index (Phi) is 3.74. The van der Waals surface area contributed by atoms with Gasteiger partial charge in [-0.1, -0.05) is 5.21 Å².